The lowest BCUT2D eigenvalue weighted by Gasteiger charge is -2.18. The zero-order chi connectivity index (χ0) is 9.90. The van der Waals surface area contributed by atoms with Crippen LogP contribution < -0.4 is 4.84 Å². The molecule has 0 saturated carbocycles. The number of hydrogen-bond acceptors (Lipinski definition) is 4. The molecule has 0 saturated heterocycles. The number of carbonyl (C=O) groups excluding carboxylic acids is 1. The van der Waals surface area contributed by atoms with Gasteiger partial charge in [-0.05, 0) is 25.5 Å². The van der Waals surface area contributed by atoms with Gasteiger partial charge in [0, 0.05) is 0 Å². The van der Waals surface area contributed by atoms with E-state index in [9.17, 15) is 4.79 Å². The van der Waals surface area contributed by atoms with Gasteiger partial charge < -0.3 is 4.84 Å². The Bertz CT molecular complexity index is 280. The number of nitrogens with zero attached hydrogens (tertiary/aromatic N) is 3. The Labute approximate surface area is 76.6 Å². The third kappa shape index (κ3) is 2.27. The highest BCUT2D eigenvalue weighted by atomic mass is 16.7. The third-order valence-electron chi connectivity index (χ3n) is 2.01. The molecule has 0 fully saturated rings. The summed E-state index contributed by atoms with van der Waals surface area (Å²) in [5.74, 6) is -0.305. The highest BCUT2D eigenvalue weighted by molar-refractivity contribution is 5.75. The van der Waals surface area contributed by atoms with Crippen LogP contribution in [0.1, 0.15) is 27.2 Å². The molecule has 0 radical (unpaired) electrons. The van der Waals surface area contributed by atoms with E-state index in [0.29, 0.717) is 0 Å². The first-order valence-electron chi connectivity index (χ1n) is 4.15. The van der Waals surface area contributed by atoms with Gasteiger partial charge in [0.2, 0.25) is 0 Å². The molecule has 0 aromatic carbocycles. The van der Waals surface area contributed by atoms with Crippen molar-refractivity contribution in [2.24, 2.45) is 5.41 Å². The number of carbonyl (C=O) groups is 1. The Kier molecular flexibility index (Phi) is 2.65. The Hall–Kier alpha value is -1.39. The summed E-state index contributed by atoms with van der Waals surface area (Å²) in [6.07, 6.45) is 3.65. The Balaban J connectivity index is 2.61. The van der Waals surface area contributed by atoms with Crippen molar-refractivity contribution in [2.45, 2.75) is 27.2 Å². The summed E-state index contributed by atoms with van der Waals surface area (Å²) in [4.78, 5) is 17.4. The molecule has 1 heterocycles. The lowest BCUT2D eigenvalue weighted by molar-refractivity contribution is -0.156. The van der Waals surface area contributed by atoms with Gasteiger partial charge in [0.05, 0.1) is 17.8 Å². The first-order valence-corrected chi connectivity index (χ1v) is 4.15. The van der Waals surface area contributed by atoms with Crippen molar-refractivity contribution in [3.63, 3.8) is 0 Å². The fourth-order valence-electron chi connectivity index (χ4n) is 0.599. The van der Waals surface area contributed by atoms with Crippen LogP contribution in [0.2, 0.25) is 0 Å². The fourth-order valence-corrected chi connectivity index (χ4v) is 0.599. The molecule has 0 spiro atoms. The van der Waals surface area contributed by atoms with Crippen LogP contribution in [0.4, 0.5) is 0 Å². The zero-order valence-corrected chi connectivity index (χ0v) is 8.02. The van der Waals surface area contributed by atoms with E-state index in [0.717, 1.165) is 11.3 Å². The third-order valence-corrected chi connectivity index (χ3v) is 2.01. The number of rotatable bonds is 3. The zero-order valence-electron chi connectivity index (χ0n) is 8.02. The molecule has 0 bridgehead atoms. The van der Waals surface area contributed by atoms with Crippen molar-refractivity contribution in [2.75, 3.05) is 0 Å². The van der Waals surface area contributed by atoms with Gasteiger partial charge >= 0.3 is 5.97 Å². The molecule has 1 rings (SSSR count). The lowest BCUT2D eigenvalue weighted by atomic mass is 9.91. The molecule has 1 aromatic heterocycles. The van der Waals surface area contributed by atoms with E-state index >= 15 is 0 Å². The van der Waals surface area contributed by atoms with Gasteiger partial charge in [-0.3, -0.25) is 0 Å². The van der Waals surface area contributed by atoms with Crippen molar-refractivity contribution < 1.29 is 9.63 Å². The predicted molar refractivity (Wildman–Crippen MR) is 45.7 cm³/mol. The highest BCUT2D eigenvalue weighted by Gasteiger charge is 2.28. The van der Waals surface area contributed by atoms with E-state index in [1.807, 2.05) is 20.8 Å². The summed E-state index contributed by atoms with van der Waals surface area (Å²) < 4.78 is 0. The predicted octanol–water partition coefficient (Wildman–Crippen LogP) is 0.669. The first kappa shape index (κ1) is 9.70. The monoisotopic (exact) mass is 183 g/mol. The molecule has 1 aromatic rings. The van der Waals surface area contributed by atoms with Gasteiger partial charge in [-0.25, -0.2) is 4.79 Å². The summed E-state index contributed by atoms with van der Waals surface area (Å²) in [7, 11) is 0. The van der Waals surface area contributed by atoms with E-state index in [2.05, 4.69) is 10.3 Å². The van der Waals surface area contributed by atoms with Crippen LogP contribution in [0.15, 0.2) is 12.4 Å². The summed E-state index contributed by atoms with van der Waals surface area (Å²) in [6, 6.07) is 0. The molecule has 13 heavy (non-hydrogen) atoms. The van der Waals surface area contributed by atoms with E-state index in [1.165, 1.54) is 12.4 Å². The second-order valence-corrected chi connectivity index (χ2v) is 3.42. The van der Waals surface area contributed by atoms with Crippen molar-refractivity contribution >= 4 is 5.97 Å². The quantitative estimate of drug-likeness (QED) is 0.646. The van der Waals surface area contributed by atoms with Crippen LogP contribution >= 0.6 is 0 Å². The smallest absolute Gasteiger partial charge is 0.317 e. The Morgan fingerprint density at radius 2 is 2.31 bits per heavy atom. The molecule has 0 N–H and O–H groups in total. The van der Waals surface area contributed by atoms with Crippen molar-refractivity contribution in [1.29, 1.82) is 0 Å². The normalized spacial score (nSPS) is 11.3. The first-order chi connectivity index (χ1) is 6.06. The molecule has 0 aliphatic rings. The minimum atomic E-state index is -0.480. The van der Waals surface area contributed by atoms with Crippen LogP contribution in [0.25, 0.3) is 0 Å². The Morgan fingerprint density at radius 1 is 1.62 bits per heavy atom. The van der Waals surface area contributed by atoms with E-state index in [-0.39, 0.29) is 5.97 Å². The second-order valence-electron chi connectivity index (χ2n) is 3.42. The SMILES string of the molecule is CCC(C)(C)C(=O)On1ccnn1. The number of aromatic nitrogens is 3. The molecule has 0 aliphatic heterocycles. The molecular weight excluding hydrogens is 170 g/mol. The van der Waals surface area contributed by atoms with E-state index < -0.39 is 5.41 Å². The topological polar surface area (TPSA) is 57.0 Å². The van der Waals surface area contributed by atoms with Crippen LogP contribution in [0, 0.1) is 5.41 Å². The summed E-state index contributed by atoms with van der Waals surface area (Å²) in [5.41, 5.74) is -0.480. The van der Waals surface area contributed by atoms with Gasteiger partial charge in [-0.1, -0.05) is 11.8 Å². The van der Waals surface area contributed by atoms with E-state index in [4.69, 9.17) is 4.84 Å². The van der Waals surface area contributed by atoms with Crippen LogP contribution in [-0.2, 0) is 4.79 Å². The molecule has 5 heteroatoms. The highest BCUT2D eigenvalue weighted by Crippen LogP contribution is 2.19. The maximum absolute atomic E-state index is 11.5. The van der Waals surface area contributed by atoms with Gasteiger partial charge in [0.25, 0.3) is 0 Å². The van der Waals surface area contributed by atoms with Crippen LogP contribution in [0.3, 0.4) is 0 Å². The molecule has 0 amide bonds. The molecule has 72 valence electrons. The van der Waals surface area contributed by atoms with E-state index in [1.54, 1.807) is 0 Å². The maximum atomic E-state index is 11.5. The average Bonchev–Trinajstić information content (AvgIpc) is 2.57. The minimum Gasteiger partial charge on any atom is -0.317 e. The largest absolute Gasteiger partial charge is 0.340 e. The van der Waals surface area contributed by atoms with Crippen molar-refractivity contribution in [1.82, 2.24) is 15.2 Å². The van der Waals surface area contributed by atoms with Gasteiger partial charge in [-0.2, -0.15) is 0 Å². The molecule has 5 nitrogen and oxygen atoms in total. The Morgan fingerprint density at radius 3 is 2.77 bits per heavy atom. The lowest BCUT2D eigenvalue weighted by Crippen LogP contribution is -2.33. The summed E-state index contributed by atoms with van der Waals surface area (Å²) >= 11 is 0. The second kappa shape index (κ2) is 3.55. The number of hydrogen-bond donors (Lipinski definition) is 0. The fraction of sp³-hybridized carbons (Fsp3) is 0.625. The average molecular weight is 183 g/mol. The molecule has 0 unspecified atom stereocenters. The van der Waals surface area contributed by atoms with Crippen LogP contribution in [0.5, 0.6) is 0 Å². The van der Waals surface area contributed by atoms with Crippen molar-refractivity contribution in [3.8, 4) is 0 Å². The molecule has 0 atom stereocenters. The van der Waals surface area contributed by atoms with Gasteiger partial charge in [-0.15, -0.1) is 5.10 Å². The molecule has 0 aliphatic carbocycles. The summed E-state index contributed by atoms with van der Waals surface area (Å²) in [6.45, 7) is 5.58. The molecular formula is C8H13N3O2. The summed E-state index contributed by atoms with van der Waals surface area (Å²) in [5, 5.41) is 7.05. The van der Waals surface area contributed by atoms with Crippen molar-refractivity contribution in [3.05, 3.63) is 12.4 Å². The van der Waals surface area contributed by atoms with Gasteiger partial charge in [0.1, 0.15) is 0 Å². The minimum absolute atomic E-state index is 0.305. The van der Waals surface area contributed by atoms with Gasteiger partial charge in [0.15, 0.2) is 0 Å². The standard InChI is InChI=1S/C8H13N3O2/c1-4-8(2,3)7(12)13-11-6-5-9-10-11/h5-6H,4H2,1-3H3. The van der Waals surface area contributed by atoms with Crippen LogP contribution in [-0.4, -0.2) is 21.1 Å². The maximum Gasteiger partial charge on any atom is 0.340 e.